The zero-order chi connectivity index (χ0) is 15.7. The number of hydrogen-bond acceptors (Lipinski definition) is 3. The predicted molar refractivity (Wildman–Crippen MR) is 80.1 cm³/mol. The summed E-state index contributed by atoms with van der Waals surface area (Å²) >= 11 is 5.60. The second kappa shape index (κ2) is 6.18. The molecule has 1 N–H and O–H groups in total. The van der Waals surface area contributed by atoms with Crippen LogP contribution in [0.2, 0.25) is 5.02 Å². The van der Waals surface area contributed by atoms with Gasteiger partial charge in [0.05, 0.1) is 11.3 Å². The molecule has 2 heterocycles. The zero-order valence-electron chi connectivity index (χ0n) is 12.0. The fourth-order valence-corrected chi connectivity index (χ4v) is 2.68. The van der Waals surface area contributed by atoms with Gasteiger partial charge in [-0.15, -0.1) is 0 Å². The number of halogens is 3. The minimum Gasteiger partial charge on any atom is -0.472 e. The molecule has 0 unspecified atom stereocenters. The van der Waals surface area contributed by atoms with E-state index in [4.69, 9.17) is 16.3 Å². The third-order valence-electron chi connectivity index (χ3n) is 3.66. The average Bonchev–Trinajstić information content (AvgIpc) is 2.46. The van der Waals surface area contributed by atoms with Crippen LogP contribution in [0.5, 0.6) is 5.88 Å². The van der Waals surface area contributed by atoms with E-state index in [1.807, 2.05) is 13.0 Å². The van der Waals surface area contributed by atoms with E-state index in [1.54, 1.807) is 0 Å². The molecular weight excluding hydrogens is 310 g/mol. The summed E-state index contributed by atoms with van der Waals surface area (Å²) < 4.78 is 33.0. The third-order valence-corrected chi connectivity index (χ3v) is 3.88. The number of pyridine rings is 1. The summed E-state index contributed by atoms with van der Waals surface area (Å²) in [5.74, 6) is -1.04. The third kappa shape index (κ3) is 3.05. The van der Waals surface area contributed by atoms with Crippen molar-refractivity contribution in [3.63, 3.8) is 0 Å². The molecule has 0 saturated heterocycles. The Morgan fingerprint density at radius 1 is 1.27 bits per heavy atom. The minimum absolute atomic E-state index is 0.0212. The van der Waals surface area contributed by atoms with Gasteiger partial charge in [0, 0.05) is 17.1 Å². The Balaban J connectivity index is 1.82. The van der Waals surface area contributed by atoms with Gasteiger partial charge in [-0.1, -0.05) is 11.6 Å². The molecule has 3 rings (SSSR count). The molecule has 0 spiro atoms. The van der Waals surface area contributed by atoms with Crippen molar-refractivity contribution >= 4 is 11.6 Å². The topological polar surface area (TPSA) is 34.1 Å². The van der Waals surface area contributed by atoms with E-state index in [0.717, 1.165) is 36.4 Å². The zero-order valence-corrected chi connectivity index (χ0v) is 12.8. The van der Waals surface area contributed by atoms with Crippen LogP contribution in [-0.4, -0.2) is 11.5 Å². The first-order chi connectivity index (χ1) is 10.5. The second-order valence-corrected chi connectivity index (χ2v) is 5.72. The van der Waals surface area contributed by atoms with Gasteiger partial charge in [-0.2, -0.15) is 0 Å². The molecular formula is C16H15ClF2N2O. The first kappa shape index (κ1) is 15.2. The molecule has 0 bridgehead atoms. The Bertz CT molecular complexity index is 699. The number of ether oxygens (including phenoxy) is 1. The number of hydrogen-bond donors (Lipinski definition) is 1. The normalized spacial score (nSPS) is 13.8. The molecule has 0 aliphatic carbocycles. The maximum atomic E-state index is 13.8. The maximum Gasteiger partial charge on any atom is 0.216 e. The van der Waals surface area contributed by atoms with Gasteiger partial charge in [-0.25, -0.2) is 13.8 Å². The van der Waals surface area contributed by atoms with Crippen LogP contribution in [-0.2, 0) is 19.6 Å². The van der Waals surface area contributed by atoms with E-state index in [0.29, 0.717) is 12.4 Å². The summed E-state index contributed by atoms with van der Waals surface area (Å²) in [6, 6.07) is 4.16. The van der Waals surface area contributed by atoms with Crippen LogP contribution in [0.3, 0.4) is 0 Å². The van der Waals surface area contributed by atoms with Crippen LogP contribution in [0.25, 0.3) is 0 Å². The van der Waals surface area contributed by atoms with Crippen LogP contribution in [0, 0.1) is 18.6 Å². The monoisotopic (exact) mass is 324 g/mol. The highest BCUT2D eigenvalue weighted by Crippen LogP contribution is 2.24. The molecule has 22 heavy (non-hydrogen) atoms. The molecule has 1 aromatic carbocycles. The Labute approximate surface area is 132 Å². The largest absolute Gasteiger partial charge is 0.472 e. The average molecular weight is 325 g/mol. The van der Waals surface area contributed by atoms with E-state index in [9.17, 15) is 8.78 Å². The van der Waals surface area contributed by atoms with Gasteiger partial charge in [0.1, 0.15) is 18.2 Å². The smallest absolute Gasteiger partial charge is 0.216 e. The molecule has 1 aromatic heterocycles. The fourth-order valence-electron chi connectivity index (χ4n) is 2.48. The van der Waals surface area contributed by atoms with E-state index in [1.165, 1.54) is 5.56 Å². The number of nitrogens with one attached hydrogen (secondary N) is 1. The van der Waals surface area contributed by atoms with E-state index in [-0.39, 0.29) is 17.2 Å². The quantitative estimate of drug-likeness (QED) is 0.937. The molecule has 0 saturated carbocycles. The molecule has 6 heteroatoms. The van der Waals surface area contributed by atoms with Gasteiger partial charge in [0.25, 0.3) is 0 Å². The lowest BCUT2D eigenvalue weighted by atomic mass is 10.0. The van der Waals surface area contributed by atoms with E-state index in [2.05, 4.69) is 10.3 Å². The summed E-state index contributed by atoms with van der Waals surface area (Å²) in [6.07, 6.45) is 0.921. The standard InChI is InChI=1S/C16H15ClF2N2O/c1-9-4-10-2-3-20-7-15(10)21-16(9)22-8-12-13(18)5-11(17)6-14(12)19/h4-6,20H,2-3,7-8H2,1H3. The molecule has 2 aromatic rings. The number of fused-ring (bicyclic) bond motifs is 1. The molecule has 0 atom stereocenters. The fraction of sp³-hybridized carbons (Fsp3) is 0.312. The van der Waals surface area contributed by atoms with Crippen molar-refractivity contribution in [1.29, 1.82) is 0 Å². The van der Waals surface area contributed by atoms with Crippen molar-refractivity contribution < 1.29 is 13.5 Å². The molecule has 0 amide bonds. The van der Waals surface area contributed by atoms with Crippen molar-refractivity contribution in [2.24, 2.45) is 0 Å². The predicted octanol–water partition coefficient (Wildman–Crippen LogP) is 3.55. The summed E-state index contributed by atoms with van der Waals surface area (Å²) in [4.78, 5) is 4.45. The number of benzene rings is 1. The van der Waals surface area contributed by atoms with Crippen molar-refractivity contribution in [2.45, 2.75) is 26.5 Å². The van der Waals surface area contributed by atoms with E-state index < -0.39 is 11.6 Å². The SMILES string of the molecule is Cc1cc2c(nc1OCc1c(F)cc(Cl)cc1F)CNCC2. The van der Waals surface area contributed by atoms with Crippen LogP contribution in [0.4, 0.5) is 8.78 Å². The van der Waals surface area contributed by atoms with E-state index >= 15 is 0 Å². The Morgan fingerprint density at radius 3 is 2.73 bits per heavy atom. The lowest BCUT2D eigenvalue weighted by molar-refractivity contribution is 0.278. The van der Waals surface area contributed by atoms with Gasteiger partial charge in [-0.3, -0.25) is 0 Å². The van der Waals surface area contributed by atoms with Gasteiger partial charge in [0.2, 0.25) is 5.88 Å². The van der Waals surface area contributed by atoms with Crippen molar-refractivity contribution in [2.75, 3.05) is 6.54 Å². The minimum atomic E-state index is -0.720. The van der Waals surface area contributed by atoms with Crippen molar-refractivity contribution in [3.8, 4) is 5.88 Å². The molecule has 0 fully saturated rings. The Hall–Kier alpha value is -1.72. The summed E-state index contributed by atoms with van der Waals surface area (Å²) in [7, 11) is 0. The van der Waals surface area contributed by atoms with Crippen molar-refractivity contribution in [3.05, 3.63) is 57.2 Å². The highest BCUT2D eigenvalue weighted by atomic mass is 35.5. The highest BCUT2D eigenvalue weighted by Gasteiger charge is 2.16. The van der Waals surface area contributed by atoms with Crippen LogP contribution < -0.4 is 10.1 Å². The molecule has 3 nitrogen and oxygen atoms in total. The number of aryl methyl sites for hydroxylation is 1. The van der Waals surface area contributed by atoms with Crippen molar-refractivity contribution in [1.82, 2.24) is 10.3 Å². The van der Waals surface area contributed by atoms with Crippen LogP contribution >= 0.6 is 11.6 Å². The maximum absolute atomic E-state index is 13.8. The Morgan fingerprint density at radius 2 is 2.00 bits per heavy atom. The summed E-state index contributed by atoms with van der Waals surface area (Å²) in [6.45, 7) is 3.25. The number of rotatable bonds is 3. The number of aromatic nitrogens is 1. The first-order valence-corrected chi connectivity index (χ1v) is 7.38. The summed E-state index contributed by atoms with van der Waals surface area (Å²) in [5, 5.41) is 3.25. The Kier molecular flexibility index (Phi) is 4.27. The molecule has 116 valence electrons. The van der Waals surface area contributed by atoms with Gasteiger partial charge in [0.15, 0.2) is 0 Å². The summed E-state index contributed by atoms with van der Waals surface area (Å²) in [5.41, 5.74) is 2.81. The molecule has 0 radical (unpaired) electrons. The van der Waals surface area contributed by atoms with Gasteiger partial charge < -0.3 is 10.1 Å². The highest BCUT2D eigenvalue weighted by molar-refractivity contribution is 6.30. The molecule has 1 aliphatic rings. The lowest BCUT2D eigenvalue weighted by Gasteiger charge is -2.18. The molecule has 1 aliphatic heterocycles. The lowest BCUT2D eigenvalue weighted by Crippen LogP contribution is -2.25. The first-order valence-electron chi connectivity index (χ1n) is 7.01. The van der Waals surface area contributed by atoms with Gasteiger partial charge >= 0.3 is 0 Å². The van der Waals surface area contributed by atoms with Crippen LogP contribution in [0.15, 0.2) is 18.2 Å². The van der Waals surface area contributed by atoms with Gasteiger partial charge in [-0.05, 0) is 43.7 Å². The van der Waals surface area contributed by atoms with Crippen LogP contribution in [0.1, 0.15) is 22.4 Å². The second-order valence-electron chi connectivity index (χ2n) is 5.28. The number of nitrogens with zero attached hydrogens (tertiary/aromatic N) is 1.